The molecule has 4 nitrogen and oxygen atoms in total. The highest BCUT2D eigenvalue weighted by atomic mass is 32.2. The summed E-state index contributed by atoms with van der Waals surface area (Å²) in [4.78, 5) is 18.3. The number of nitrogens with one attached hydrogen (secondary N) is 1. The summed E-state index contributed by atoms with van der Waals surface area (Å²) in [6.07, 6.45) is 3.73. The van der Waals surface area contributed by atoms with E-state index in [-0.39, 0.29) is 11.9 Å². The molecule has 0 unspecified atom stereocenters. The zero-order chi connectivity index (χ0) is 19.9. The van der Waals surface area contributed by atoms with E-state index in [1.807, 2.05) is 66.2 Å². The summed E-state index contributed by atoms with van der Waals surface area (Å²) in [6.45, 7) is 0.743. The molecule has 0 spiro atoms. The van der Waals surface area contributed by atoms with Crippen molar-refractivity contribution < 1.29 is 4.79 Å². The van der Waals surface area contributed by atoms with Gasteiger partial charge in [0.2, 0.25) is 5.91 Å². The minimum atomic E-state index is -0.131. The molecular weight excluding hydrogens is 398 g/mol. The molecule has 0 radical (unpaired) electrons. The van der Waals surface area contributed by atoms with Crippen molar-refractivity contribution in [3.05, 3.63) is 107 Å². The third-order valence-electron chi connectivity index (χ3n) is 4.47. The molecule has 0 bridgehead atoms. The fourth-order valence-electron chi connectivity index (χ4n) is 3.09. The minimum absolute atomic E-state index is 0.00786. The molecular formula is C23H21N3OS2. The summed E-state index contributed by atoms with van der Waals surface area (Å²) >= 11 is 3.11. The Hall–Kier alpha value is -2.83. The molecule has 1 atom stereocenters. The summed E-state index contributed by atoms with van der Waals surface area (Å²) < 4.78 is 2.07. The van der Waals surface area contributed by atoms with Crippen LogP contribution in [0.15, 0.2) is 95.7 Å². The van der Waals surface area contributed by atoms with E-state index in [1.165, 1.54) is 17.3 Å². The van der Waals surface area contributed by atoms with Gasteiger partial charge in [-0.1, -0.05) is 78.5 Å². The van der Waals surface area contributed by atoms with Crippen LogP contribution >= 0.6 is 23.1 Å². The van der Waals surface area contributed by atoms with Crippen LogP contribution in [0.1, 0.15) is 22.0 Å². The van der Waals surface area contributed by atoms with Crippen molar-refractivity contribution in [3.8, 4) is 0 Å². The van der Waals surface area contributed by atoms with Gasteiger partial charge in [-0.2, -0.15) is 0 Å². The molecule has 6 heteroatoms. The number of carbonyl (C=O) groups excluding carboxylic acids is 1. The number of nitrogens with zero attached hydrogens (tertiary/aromatic N) is 2. The average Bonchev–Trinajstić information content (AvgIpc) is 3.44. The number of hydrogen-bond acceptors (Lipinski definition) is 4. The lowest BCUT2D eigenvalue weighted by molar-refractivity contribution is -0.119. The van der Waals surface area contributed by atoms with E-state index in [9.17, 15) is 4.79 Å². The van der Waals surface area contributed by atoms with Crippen molar-refractivity contribution in [2.24, 2.45) is 0 Å². The van der Waals surface area contributed by atoms with Gasteiger partial charge in [-0.05, 0) is 22.6 Å². The topological polar surface area (TPSA) is 46.9 Å². The van der Waals surface area contributed by atoms with E-state index in [0.717, 1.165) is 22.1 Å². The molecule has 0 saturated heterocycles. The van der Waals surface area contributed by atoms with Gasteiger partial charge in [0, 0.05) is 23.8 Å². The SMILES string of the molecule is O=C(CSc1nccn1Cc1ccccc1)N[C@@H](c1ccccc1)c1cccs1. The van der Waals surface area contributed by atoms with Gasteiger partial charge in [0.05, 0.1) is 11.8 Å². The number of thioether (sulfide) groups is 1. The number of hydrogen-bond donors (Lipinski definition) is 1. The van der Waals surface area contributed by atoms with Crippen LogP contribution in [0, 0.1) is 0 Å². The second kappa shape index (κ2) is 9.58. The van der Waals surface area contributed by atoms with Crippen LogP contribution in [0.25, 0.3) is 0 Å². The number of thiophene rings is 1. The Morgan fingerprint density at radius 1 is 1.03 bits per heavy atom. The smallest absolute Gasteiger partial charge is 0.231 e. The molecule has 2 aromatic heterocycles. The molecule has 146 valence electrons. The van der Waals surface area contributed by atoms with Gasteiger partial charge in [0.25, 0.3) is 0 Å². The van der Waals surface area contributed by atoms with Gasteiger partial charge in [0.15, 0.2) is 5.16 Å². The highest BCUT2D eigenvalue weighted by Gasteiger charge is 2.18. The number of carbonyl (C=O) groups is 1. The number of aromatic nitrogens is 2. The first-order valence-corrected chi connectivity index (χ1v) is 11.2. The van der Waals surface area contributed by atoms with Gasteiger partial charge in [-0.15, -0.1) is 11.3 Å². The first kappa shape index (κ1) is 19.5. The number of rotatable bonds is 8. The Bertz CT molecular complexity index is 1030. The Labute approximate surface area is 178 Å². The Kier molecular flexibility index (Phi) is 6.44. The predicted molar refractivity (Wildman–Crippen MR) is 119 cm³/mol. The molecule has 4 aromatic rings. The Morgan fingerprint density at radius 3 is 2.52 bits per heavy atom. The summed E-state index contributed by atoms with van der Waals surface area (Å²) in [5.41, 5.74) is 2.29. The van der Waals surface area contributed by atoms with E-state index in [2.05, 4.69) is 33.1 Å². The van der Waals surface area contributed by atoms with Gasteiger partial charge in [0.1, 0.15) is 0 Å². The molecule has 29 heavy (non-hydrogen) atoms. The normalized spacial score (nSPS) is 11.9. The molecule has 0 saturated carbocycles. The predicted octanol–water partition coefficient (Wildman–Crippen LogP) is 4.99. The van der Waals surface area contributed by atoms with E-state index in [1.54, 1.807) is 17.5 Å². The third-order valence-corrected chi connectivity index (χ3v) is 6.41. The van der Waals surface area contributed by atoms with Crippen molar-refractivity contribution in [2.45, 2.75) is 17.7 Å². The van der Waals surface area contributed by atoms with E-state index in [4.69, 9.17) is 0 Å². The lowest BCUT2D eigenvalue weighted by Gasteiger charge is -2.18. The van der Waals surface area contributed by atoms with Crippen LogP contribution < -0.4 is 5.32 Å². The second-order valence-electron chi connectivity index (χ2n) is 6.54. The highest BCUT2D eigenvalue weighted by Crippen LogP contribution is 2.26. The third kappa shape index (κ3) is 5.16. The fraction of sp³-hybridized carbons (Fsp3) is 0.130. The fourth-order valence-corrected chi connectivity index (χ4v) is 4.66. The van der Waals surface area contributed by atoms with Crippen LogP contribution in [0.3, 0.4) is 0 Å². The van der Waals surface area contributed by atoms with Crippen LogP contribution in [0.5, 0.6) is 0 Å². The zero-order valence-electron chi connectivity index (χ0n) is 15.8. The van der Waals surface area contributed by atoms with Crippen molar-refractivity contribution in [3.63, 3.8) is 0 Å². The molecule has 0 aliphatic carbocycles. The molecule has 0 aliphatic rings. The number of amides is 1. The maximum Gasteiger partial charge on any atom is 0.231 e. The maximum atomic E-state index is 12.7. The first-order chi connectivity index (χ1) is 14.3. The van der Waals surface area contributed by atoms with Crippen LogP contribution in [0.4, 0.5) is 0 Å². The van der Waals surface area contributed by atoms with E-state index < -0.39 is 0 Å². The summed E-state index contributed by atoms with van der Waals surface area (Å²) in [6, 6.07) is 24.3. The van der Waals surface area contributed by atoms with E-state index >= 15 is 0 Å². The molecule has 4 rings (SSSR count). The van der Waals surface area contributed by atoms with E-state index in [0.29, 0.717) is 5.75 Å². The minimum Gasteiger partial charge on any atom is -0.344 e. The molecule has 2 aromatic carbocycles. The molecule has 1 N–H and O–H groups in total. The number of benzene rings is 2. The largest absolute Gasteiger partial charge is 0.344 e. The van der Waals surface area contributed by atoms with Crippen molar-refractivity contribution in [1.29, 1.82) is 0 Å². The van der Waals surface area contributed by atoms with Crippen molar-refractivity contribution in [2.75, 3.05) is 5.75 Å². The zero-order valence-corrected chi connectivity index (χ0v) is 17.4. The highest BCUT2D eigenvalue weighted by molar-refractivity contribution is 7.99. The molecule has 0 aliphatic heterocycles. The lowest BCUT2D eigenvalue weighted by atomic mass is 10.1. The average molecular weight is 420 g/mol. The second-order valence-corrected chi connectivity index (χ2v) is 8.46. The number of imidazole rings is 1. The van der Waals surface area contributed by atoms with Crippen LogP contribution in [-0.2, 0) is 11.3 Å². The van der Waals surface area contributed by atoms with Gasteiger partial charge in [-0.25, -0.2) is 4.98 Å². The molecule has 1 amide bonds. The van der Waals surface area contributed by atoms with Gasteiger partial charge in [-0.3, -0.25) is 4.79 Å². The summed E-state index contributed by atoms with van der Waals surface area (Å²) in [5, 5.41) is 6.06. The standard InChI is InChI=1S/C23H21N3OS2/c27-21(25-22(20-12-7-15-28-20)19-10-5-2-6-11-19)17-29-23-24-13-14-26(23)16-18-8-3-1-4-9-18/h1-15,22H,16-17H2,(H,25,27)/t22-/m0/s1. The maximum absolute atomic E-state index is 12.7. The Morgan fingerprint density at radius 2 is 1.79 bits per heavy atom. The summed E-state index contributed by atoms with van der Waals surface area (Å²) in [5.74, 6) is 0.312. The molecule has 2 heterocycles. The summed E-state index contributed by atoms with van der Waals surface area (Å²) in [7, 11) is 0. The quantitative estimate of drug-likeness (QED) is 0.409. The van der Waals surface area contributed by atoms with Crippen LogP contribution in [-0.4, -0.2) is 21.2 Å². The Balaban J connectivity index is 1.40. The van der Waals surface area contributed by atoms with Crippen molar-refractivity contribution in [1.82, 2.24) is 14.9 Å². The van der Waals surface area contributed by atoms with Gasteiger partial charge < -0.3 is 9.88 Å². The first-order valence-electron chi connectivity index (χ1n) is 9.35. The lowest BCUT2D eigenvalue weighted by Crippen LogP contribution is -2.30. The van der Waals surface area contributed by atoms with Gasteiger partial charge >= 0.3 is 0 Å². The molecule has 0 fully saturated rings. The monoisotopic (exact) mass is 419 g/mol. The van der Waals surface area contributed by atoms with Crippen molar-refractivity contribution >= 4 is 29.0 Å². The van der Waals surface area contributed by atoms with Crippen LogP contribution in [0.2, 0.25) is 0 Å².